The van der Waals surface area contributed by atoms with Gasteiger partial charge in [0.1, 0.15) is 0 Å². The largest absolute Gasteiger partial charge is 0.481 e. The normalized spacial score (nSPS) is 18.1. The number of carbonyl (C=O) groups excluding carboxylic acids is 1. The second-order valence-electron chi connectivity index (χ2n) is 5.14. The number of carboxylic acid groups (broad SMARTS) is 1. The Bertz CT molecular complexity index is 302. The lowest BCUT2D eigenvalue weighted by molar-refractivity contribution is -0.137. The Morgan fingerprint density at radius 2 is 1.89 bits per heavy atom. The minimum absolute atomic E-state index is 0.0297. The number of likely N-dealkylation sites (N-methyl/N-ethyl adjacent to an activating group) is 1. The van der Waals surface area contributed by atoms with Crippen LogP contribution in [0.3, 0.4) is 0 Å². The molecular weight excluding hydrogens is 246 g/mol. The van der Waals surface area contributed by atoms with E-state index in [2.05, 4.69) is 17.1 Å². The van der Waals surface area contributed by atoms with Crippen LogP contribution in [-0.4, -0.2) is 66.2 Å². The first-order valence-electron chi connectivity index (χ1n) is 6.99. The summed E-state index contributed by atoms with van der Waals surface area (Å²) in [4.78, 5) is 26.5. The van der Waals surface area contributed by atoms with Crippen LogP contribution < -0.4 is 5.32 Å². The number of amides is 2. The molecule has 0 radical (unpaired) electrons. The van der Waals surface area contributed by atoms with Crippen molar-refractivity contribution in [2.24, 2.45) is 5.92 Å². The molecule has 1 unspecified atom stereocenters. The first-order chi connectivity index (χ1) is 9.02. The first-order valence-corrected chi connectivity index (χ1v) is 6.99. The number of urea groups is 1. The second kappa shape index (κ2) is 7.99. The quantitative estimate of drug-likeness (QED) is 0.750. The number of aliphatic carboxylic acids is 1. The lowest BCUT2D eigenvalue weighted by atomic mass is 10.1. The molecule has 0 bridgehead atoms. The fourth-order valence-electron chi connectivity index (χ4n) is 2.11. The molecule has 1 saturated heterocycles. The van der Waals surface area contributed by atoms with E-state index in [0.29, 0.717) is 13.0 Å². The van der Waals surface area contributed by atoms with Crippen LogP contribution in [0.25, 0.3) is 0 Å². The minimum Gasteiger partial charge on any atom is -0.481 e. The molecule has 0 aromatic rings. The van der Waals surface area contributed by atoms with Gasteiger partial charge in [-0.2, -0.15) is 0 Å². The molecule has 6 nitrogen and oxygen atoms in total. The first kappa shape index (κ1) is 15.8. The van der Waals surface area contributed by atoms with Crippen LogP contribution in [0.5, 0.6) is 0 Å². The van der Waals surface area contributed by atoms with Crippen LogP contribution >= 0.6 is 0 Å². The van der Waals surface area contributed by atoms with Crippen molar-refractivity contribution in [3.63, 3.8) is 0 Å². The third-order valence-electron chi connectivity index (χ3n) is 3.56. The third kappa shape index (κ3) is 5.92. The summed E-state index contributed by atoms with van der Waals surface area (Å²) in [5.41, 5.74) is 0. The van der Waals surface area contributed by atoms with E-state index in [1.807, 2.05) is 11.8 Å². The Hall–Kier alpha value is -1.30. The zero-order valence-electron chi connectivity index (χ0n) is 11.9. The van der Waals surface area contributed by atoms with Crippen LogP contribution in [0.15, 0.2) is 0 Å². The lowest BCUT2D eigenvalue weighted by Gasteiger charge is -2.34. The van der Waals surface area contributed by atoms with Gasteiger partial charge in [0.25, 0.3) is 0 Å². The molecule has 0 aliphatic carbocycles. The van der Waals surface area contributed by atoms with Gasteiger partial charge in [-0.1, -0.05) is 13.8 Å². The molecule has 2 amide bonds. The van der Waals surface area contributed by atoms with E-state index in [0.717, 1.165) is 32.7 Å². The third-order valence-corrected chi connectivity index (χ3v) is 3.56. The van der Waals surface area contributed by atoms with Crippen molar-refractivity contribution in [2.75, 3.05) is 39.3 Å². The number of carboxylic acids is 1. The van der Waals surface area contributed by atoms with E-state index in [-0.39, 0.29) is 18.4 Å². The maximum atomic E-state index is 11.9. The van der Waals surface area contributed by atoms with Crippen LogP contribution in [0.1, 0.15) is 26.7 Å². The highest BCUT2D eigenvalue weighted by Gasteiger charge is 2.20. The molecule has 110 valence electrons. The van der Waals surface area contributed by atoms with Gasteiger partial charge in [0.15, 0.2) is 0 Å². The van der Waals surface area contributed by atoms with Gasteiger partial charge in [-0.05, 0) is 18.9 Å². The van der Waals surface area contributed by atoms with Gasteiger partial charge in [0.2, 0.25) is 0 Å². The van der Waals surface area contributed by atoms with Crippen molar-refractivity contribution < 1.29 is 14.7 Å². The molecule has 1 rings (SSSR count). The highest BCUT2D eigenvalue weighted by atomic mass is 16.4. The van der Waals surface area contributed by atoms with Gasteiger partial charge in [-0.25, -0.2) is 4.79 Å². The topological polar surface area (TPSA) is 72.9 Å². The average molecular weight is 271 g/mol. The molecule has 0 aromatic carbocycles. The van der Waals surface area contributed by atoms with Gasteiger partial charge >= 0.3 is 12.0 Å². The van der Waals surface area contributed by atoms with E-state index in [1.165, 1.54) is 0 Å². The van der Waals surface area contributed by atoms with Crippen LogP contribution in [-0.2, 0) is 4.79 Å². The molecule has 0 spiro atoms. The Kier molecular flexibility index (Phi) is 6.62. The summed E-state index contributed by atoms with van der Waals surface area (Å²) in [7, 11) is 0. The highest BCUT2D eigenvalue weighted by molar-refractivity contribution is 5.74. The summed E-state index contributed by atoms with van der Waals surface area (Å²) in [6, 6.07) is -0.0297. The molecule has 1 heterocycles. The van der Waals surface area contributed by atoms with E-state index in [9.17, 15) is 9.59 Å². The number of hydrogen-bond donors (Lipinski definition) is 2. The summed E-state index contributed by atoms with van der Waals surface area (Å²) in [6.07, 6.45) is 0.755. The fourth-order valence-corrected chi connectivity index (χ4v) is 2.11. The van der Waals surface area contributed by atoms with Gasteiger partial charge in [-0.15, -0.1) is 0 Å². The van der Waals surface area contributed by atoms with Crippen molar-refractivity contribution in [3.05, 3.63) is 0 Å². The van der Waals surface area contributed by atoms with Crippen LogP contribution in [0, 0.1) is 5.92 Å². The number of nitrogens with zero attached hydrogens (tertiary/aromatic N) is 2. The summed E-state index contributed by atoms with van der Waals surface area (Å²) < 4.78 is 0. The average Bonchev–Trinajstić information content (AvgIpc) is 2.42. The summed E-state index contributed by atoms with van der Waals surface area (Å²) in [6.45, 7) is 9.04. The Balaban J connectivity index is 2.19. The van der Waals surface area contributed by atoms with E-state index in [4.69, 9.17) is 5.11 Å². The van der Waals surface area contributed by atoms with Gasteiger partial charge in [0, 0.05) is 39.1 Å². The molecule has 1 fully saturated rings. The van der Waals surface area contributed by atoms with E-state index < -0.39 is 5.97 Å². The molecular formula is C13H25N3O3. The summed E-state index contributed by atoms with van der Waals surface area (Å²) in [5.74, 6) is -0.592. The molecule has 0 aromatic heterocycles. The maximum absolute atomic E-state index is 11.9. The minimum atomic E-state index is -0.783. The zero-order valence-corrected chi connectivity index (χ0v) is 11.9. The van der Waals surface area contributed by atoms with Crippen molar-refractivity contribution in [1.82, 2.24) is 15.1 Å². The SMILES string of the molecule is CCN1CCN(C(=O)NCC(C)CCC(=O)O)CC1. The fraction of sp³-hybridized carbons (Fsp3) is 0.846. The van der Waals surface area contributed by atoms with Crippen LogP contribution in [0.4, 0.5) is 4.79 Å². The predicted molar refractivity (Wildman–Crippen MR) is 73.1 cm³/mol. The summed E-state index contributed by atoms with van der Waals surface area (Å²) >= 11 is 0. The molecule has 2 N–H and O–H groups in total. The van der Waals surface area contributed by atoms with Gasteiger partial charge in [-0.3, -0.25) is 4.79 Å². The van der Waals surface area contributed by atoms with Gasteiger partial charge < -0.3 is 20.2 Å². The molecule has 1 aliphatic rings. The zero-order chi connectivity index (χ0) is 14.3. The predicted octanol–water partition coefficient (Wildman–Crippen LogP) is 0.834. The number of piperazine rings is 1. The molecule has 1 atom stereocenters. The van der Waals surface area contributed by atoms with Crippen molar-refractivity contribution >= 4 is 12.0 Å². The van der Waals surface area contributed by atoms with Crippen molar-refractivity contribution in [1.29, 1.82) is 0 Å². The van der Waals surface area contributed by atoms with Crippen molar-refractivity contribution in [2.45, 2.75) is 26.7 Å². The van der Waals surface area contributed by atoms with Crippen molar-refractivity contribution in [3.8, 4) is 0 Å². The molecule has 6 heteroatoms. The smallest absolute Gasteiger partial charge is 0.317 e. The summed E-state index contributed by atoms with van der Waals surface area (Å²) in [5, 5.41) is 11.5. The molecule has 19 heavy (non-hydrogen) atoms. The lowest BCUT2D eigenvalue weighted by Crippen LogP contribution is -2.52. The number of nitrogens with one attached hydrogen (secondary N) is 1. The van der Waals surface area contributed by atoms with E-state index >= 15 is 0 Å². The van der Waals surface area contributed by atoms with Gasteiger partial charge in [0.05, 0.1) is 0 Å². The number of carbonyl (C=O) groups is 2. The standard InChI is InChI=1S/C13H25N3O3/c1-3-15-6-8-16(9-7-15)13(19)14-10-11(2)4-5-12(17)18/h11H,3-10H2,1-2H3,(H,14,19)(H,17,18). The Morgan fingerprint density at radius 1 is 1.26 bits per heavy atom. The molecule has 0 saturated carbocycles. The number of rotatable bonds is 6. The second-order valence-corrected chi connectivity index (χ2v) is 5.14. The Morgan fingerprint density at radius 3 is 2.42 bits per heavy atom. The molecule has 1 aliphatic heterocycles. The monoisotopic (exact) mass is 271 g/mol. The maximum Gasteiger partial charge on any atom is 0.317 e. The highest BCUT2D eigenvalue weighted by Crippen LogP contribution is 2.05. The Labute approximate surface area is 114 Å². The number of hydrogen-bond acceptors (Lipinski definition) is 3. The van der Waals surface area contributed by atoms with Crippen LogP contribution in [0.2, 0.25) is 0 Å². The van der Waals surface area contributed by atoms with E-state index in [1.54, 1.807) is 0 Å².